The van der Waals surface area contributed by atoms with E-state index in [1.165, 1.54) is 0 Å². The smallest absolute Gasteiger partial charge is 0.187 e. The second-order valence-corrected chi connectivity index (χ2v) is 4.95. The Labute approximate surface area is 136 Å². The normalized spacial score (nSPS) is 12.0. The largest absolute Gasteiger partial charge is 0.493 e. The lowest BCUT2D eigenvalue weighted by Gasteiger charge is -2.13. The Morgan fingerprint density at radius 1 is 1.36 bits per heavy atom. The number of methoxy groups -OCH3 is 2. The Morgan fingerprint density at radius 3 is 2.77 bits per heavy atom. The van der Waals surface area contributed by atoms with Gasteiger partial charge in [0.05, 0.1) is 26.5 Å². The molecule has 0 heterocycles. The molecule has 7 heteroatoms. The van der Waals surface area contributed by atoms with Crippen molar-refractivity contribution >= 4 is 23.5 Å². The van der Waals surface area contributed by atoms with Gasteiger partial charge in [-0.1, -0.05) is 0 Å². The highest BCUT2D eigenvalue weighted by molar-refractivity contribution is 7.80. The molecular formula is C15H23N3O3S. The van der Waals surface area contributed by atoms with E-state index < -0.39 is 0 Å². The van der Waals surface area contributed by atoms with Gasteiger partial charge in [-0.3, -0.25) is 5.43 Å². The summed E-state index contributed by atoms with van der Waals surface area (Å²) in [5.74, 6) is 1.38. The number of hydrogen-bond acceptors (Lipinski definition) is 5. The quantitative estimate of drug-likeness (QED) is 0.433. The van der Waals surface area contributed by atoms with Crippen LogP contribution in [-0.4, -0.2) is 44.8 Å². The van der Waals surface area contributed by atoms with E-state index in [0.717, 1.165) is 5.56 Å². The van der Waals surface area contributed by atoms with Crippen molar-refractivity contribution in [2.45, 2.75) is 19.9 Å². The number of rotatable bonds is 8. The summed E-state index contributed by atoms with van der Waals surface area (Å²) in [6.07, 6.45) is 1.66. The minimum absolute atomic E-state index is 0.116. The number of hydrazone groups is 1. The maximum absolute atomic E-state index is 5.52. The lowest BCUT2D eigenvalue weighted by Crippen LogP contribution is -2.40. The topological polar surface area (TPSA) is 64.1 Å². The highest BCUT2D eigenvalue weighted by Gasteiger charge is 2.04. The van der Waals surface area contributed by atoms with Crippen LogP contribution >= 0.6 is 12.2 Å². The second-order valence-electron chi connectivity index (χ2n) is 4.54. The zero-order valence-corrected chi connectivity index (χ0v) is 14.2. The van der Waals surface area contributed by atoms with Crippen LogP contribution in [-0.2, 0) is 4.74 Å². The molecule has 0 saturated heterocycles. The monoisotopic (exact) mass is 325 g/mol. The molecule has 0 aliphatic heterocycles. The lowest BCUT2D eigenvalue weighted by molar-refractivity contribution is 0.179. The van der Waals surface area contributed by atoms with Crippen molar-refractivity contribution in [1.82, 2.24) is 10.7 Å². The number of benzene rings is 1. The molecule has 0 amide bonds. The summed E-state index contributed by atoms with van der Waals surface area (Å²) in [6.45, 7) is 5.04. The predicted octanol–water partition coefficient (Wildman–Crippen LogP) is 1.93. The molecule has 0 bridgehead atoms. The van der Waals surface area contributed by atoms with Crippen LogP contribution in [0.2, 0.25) is 0 Å². The van der Waals surface area contributed by atoms with E-state index in [4.69, 9.17) is 26.4 Å². The molecule has 1 rings (SSSR count). The fourth-order valence-corrected chi connectivity index (χ4v) is 2.01. The number of thiocarbonyl (C=S) groups is 1. The summed E-state index contributed by atoms with van der Waals surface area (Å²) < 4.78 is 15.8. The SMILES string of the molecule is CCOc1cc(/C=N\NC(=S)N[C@@H](C)COC)ccc1OC. The molecule has 122 valence electrons. The zero-order chi connectivity index (χ0) is 16.4. The third kappa shape index (κ3) is 6.28. The maximum Gasteiger partial charge on any atom is 0.187 e. The molecule has 0 unspecified atom stereocenters. The second kappa shape index (κ2) is 9.97. The molecule has 0 fully saturated rings. The third-order valence-electron chi connectivity index (χ3n) is 2.66. The Hall–Kier alpha value is -1.86. The number of nitrogens with one attached hydrogen (secondary N) is 2. The molecule has 6 nitrogen and oxygen atoms in total. The molecule has 0 radical (unpaired) electrons. The highest BCUT2D eigenvalue weighted by atomic mass is 32.1. The molecule has 2 N–H and O–H groups in total. The molecule has 0 aliphatic rings. The summed E-state index contributed by atoms with van der Waals surface area (Å²) in [7, 11) is 3.25. The van der Waals surface area contributed by atoms with Gasteiger partial charge >= 0.3 is 0 Å². The fourth-order valence-electron chi connectivity index (χ4n) is 1.76. The van der Waals surface area contributed by atoms with Gasteiger partial charge in [-0.25, -0.2) is 0 Å². The van der Waals surface area contributed by atoms with E-state index in [2.05, 4.69) is 15.8 Å². The summed E-state index contributed by atoms with van der Waals surface area (Å²) >= 11 is 5.13. The summed E-state index contributed by atoms with van der Waals surface area (Å²) in [4.78, 5) is 0. The third-order valence-corrected chi connectivity index (χ3v) is 2.87. The van der Waals surface area contributed by atoms with Gasteiger partial charge in [0.2, 0.25) is 0 Å². The van der Waals surface area contributed by atoms with Gasteiger partial charge in [0, 0.05) is 13.2 Å². The van der Waals surface area contributed by atoms with E-state index in [9.17, 15) is 0 Å². The fraction of sp³-hybridized carbons (Fsp3) is 0.467. The standard InChI is InChI=1S/C15H23N3O3S/c1-5-21-14-8-12(6-7-13(14)20-4)9-16-18-15(22)17-11(2)10-19-3/h6-9,11H,5,10H2,1-4H3,(H2,17,18,22)/b16-9-/t11-/m0/s1. The lowest BCUT2D eigenvalue weighted by atomic mass is 10.2. The van der Waals surface area contributed by atoms with Crippen molar-refractivity contribution in [1.29, 1.82) is 0 Å². The maximum atomic E-state index is 5.52. The minimum Gasteiger partial charge on any atom is -0.493 e. The molecule has 1 atom stereocenters. The first-order valence-corrected chi connectivity index (χ1v) is 7.40. The average Bonchev–Trinajstić information content (AvgIpc) is 2.48. The first-order chi connectivity index (χ1) is 10.6. The first kappa shape index (κ1) is 18.2. The summed E-state index contributed by atoms with van der Waals surface area (Å²) in [6, 6.07) is 5.70. The number of hydrogen-bond donors (Lipinski definition) is 2. The first-order valence-electron chi connectivity index (χ1n) is 7.00. The van der Waals surface area contributed by atoms with Crippen LogP contribution in [0.1, 0.15) is 19.4 Å². The van der Waals surface area contributed by atoms with Gasteiger partial charge in [-0.05, 0) is 49.8 Å². The van der Waals surface area contributed by atoms with Gasteiger partial charge in [0.25, 0.3) is 0 Å². The van der Waals surface area contributed by atoms with Crippen LogP contribution in [0.5, 0.6) is 11.5 Å². The van der Waals surface area contributed by atoms with Crippen molar-refractivity contribution in [2.24, 2.45) is 5.10 Å². The van der Waals surface area contributed by atoms with Gasteiger partial charge in [0.1, 0.15) is 0 Å². The molecular weight excluding hydrogens is 302 g/mol. The Morgan fingerprint density at radius 2 is 2.14 bits per heavy atom. The van der Waals surface area contributed by atoms with Gasteiger partial charge in [-0.2, -0.15) is 5.10 Å². The van der Waals surface area contributed by atoms with Crippen molar-refractivity contribution in [3.05, 3.63) is 23.8 Å². The number of nitrogens with zero attached hydrogens (tertiary/aromatic N) is 1. The van der Waals surface area contributed by atoms with Crippen molar-refractivity contribution in [2.75, 3.05) is 27.4 Å². The van der Waals surface area contributed by atoms with Crippen molar-refractivity contribution in [3.63, 3.8) is 0 Å². The Balaban J connectivity index is 2.59. The zero-order valence-electron chi connectivity index (χ0n) is 13.4. The minimum atomic E-state index is 0.116. The average molecular weight is 325 g/mol. The Bertz CT molecular complexity index is 509. The van der Waals surface area contributed by atoms with Crippen LogP contribution < -0.4 is 20.2 Å². The molecule has 0 aliphatic carbocycles. The summed E-state index contributed by atoms with van der Waals surface area (Å²) in [5, 5.41) is 7.59. The van der Waals surface area contributed by atoms with E-state index in [0.29, 0.717) is 29.8 Å². The van der Waals surface area contributed by atoms with Gasteiger partial charge in [-0.15, -0.1) is 0 Å². The summed E-state index contributed by atoms with van der Waals surface area (Å²) in [5.41, 5.74) is 3.64. The molecule has 0 saturated carbocycles. The van der Waals surface area contributed by atoms with Gasteiger partial charge < -0.3 is 19.5 Å². The highest BCUT2D eigenvalue weighted by Crippen LogP contribution is 2.27. The number of ether oxygens (including phenoxy) is 3. The molecule has 1 aromatic rings. The van der Waals surface area contributed by atoms with Crippen LogP contribution in [0.25, 0.3) is 0 Å². The van der Waals surface area contributed by atoms with Crippen LogP contribution in [0.3, 0.4) is 0 Å². The van der Waals surface area contributed by atoms with E-state index in [1.54, 1.807) is 20.4 Å². The molecule has 0 aromatic heterocycles. The van der Waals surface area contributed by atoms with E-state index in [1.807, 2.05) is 32.0 Å². The van der Waals surface area contributed by atoms with Crippen LogP contribution in [0.4, 0.5) is 0 Å². The van der Waals surface area contributed by atoms with Crippen molar-refractivity contribution in [3.8, 4) is 11.5 Å². The molecule has 0 spiro atoms. The van der Waals surface area contributed by atoms with E-state index in [-0.39, 0.29) is 6.04 Å². The predicted molar refractivity (Wildman–Crippen MR) is 92.0 cm³/mol. The van der Waals surface area contributed by atoms with Crippen LogP contribution in [0, 0.1) is 0 Å². The van der Waals surface area contributed by atoms with E-state index >= 15 is 0 Å². The van der Waals surface area contributed by atoms with Crippen LogP contribution in [0.15, 0.2) is 23.3 Å². The molecule has 22 heavy (non-hydrogen) atoms. The van der Waals surface area contributed by atoms with Gasteiger partial charge in [0.15, 0.2) is 16.6 Å². The molecule has 1 aromatic carbocycles. The van der Waals surface area contributed by atoms with Crippen molar-refractivity contribution < 1.29 is 14.2 Å². The Kier molecular flexibility index (Phi) is 8.24.